The highest BCUT2D eigenvalue weighted by Gasteiger charge is 2.70. The fraction of sp³-hybridized carbons (Fsp3) is 0.619. The van der Waals surface area contributed by atoms with Gasteiger partial charge in [-0.2, -0.15) is 0 Å². The van der Waals surface area contributed by atoms with Crippen molar-refractivity contribution in [2.75, 3.05) is 7.11 Å². The molecule has 0 aromatic heterocycles. The fourth-order valence-electron chi connectivity index (χ4n) is 6.77. The van der Waals surface area contributed by atoms with Crippen molar-refractivity contribution in [3.8, 4) is 5.75 Å². The summed E-state index contributed by atoms with van der Waals surface area (Å²) in [6.07, 6.45) is 11.5. The summed E-state index contributed by atoms with van der Waals surface area (Å²) in [5.74, 6) is 2.33. The Bertz CT molecular complexity index is 708. The first-order valence-corrected chi connectivity index (χ1v) is 9.13. The number of aryl methyl sites for hydroxylation is 1. The van der Waals surface area contributed by atoms with E-state index in [4.69, 9.17) is 4.74 Å². The number of benzene rings is 1. The van der Waals surface area contributed by atoms with Crippen LogP contribution in [0.1, 0.15) is 56.1 Å². The SMILES string of the molecule is COc1ccc2c(c1)CC[C@H]1[C@@H]2CC[C@@]2(C)[C@]13C=C[C@]2(O)CC3. The molecule has 1 aromatic rings. The molecule has 2 heteroatoms. The van der Waals surface area contributed by atoms with Crippen LogP contribution in [0, 0.1) is 16.7 Å². The van der Waals surface area contributed by atoms with Gasteiger partial charge in [0.15, 0.2) is 0 Å². The largest absolute Gasteiger partial charge is 0.497 e. The molecule has 23 heavy (non-hydrogen) atoms. The zero-order valence-electron chi connectivity index (χ0n) is 14.1. The zero-order valence-corrected chi connectivity index (χ0v) is 14.1. The molecule has 2 saturated carbocycles. The van der Waals surface area contributed by atoms with Gasteiger partial charge in [-0.3, -0.25) is 0 Å². The lowest BCUT2D eigenvalue weighted by Gasteiger charge is -2.56. The standard InChI is InChI=1S/C21H26O2/c1-19-8-7-17-16-5-4-15(23-2)13-14(16)3-6-18(17)20(19)9-11-21(19,22)12-10-20/h4-5,9,11,13,17-18,22H,3,6-8,10,12H2,1-2H3/t17-,18+,19+,20+,21+/m1/s1. The van der Waals surface area contributed by atoms with E-state index in [1.54, 1.807) is 12.7 Å². The molecule has 2 fully saturated rings. The van der Waals surface area contributed by atoms with Crippen molar-refractivity contribution in [2.24, 2.45) is 16.7 Å². The third-order valence-corrected chi connectivity index (χ3v) is 8.14. The molecule has 0 saturated heterocycles. The second kappa shape index (κ2) is 4.22. The maximum Gasteiger partial charge on any atom is 0.119 e. The van der Waals surface area contributed by atoms with Gasteiger partial charge < -0.3 is 9.84 Å². The summed E-state index contributed by atoms with van der Waals surface area (Å²) in [6.45, 7) is 2.36. The lowest BCUT2D eigenvalue weighted by Crippen LogP contribution is -2.52. The monoisotopic (exact) mass is 310 g/mol. The Morgan fingerprint density at radius 3 is 2.74 bits per heavy atom. The average molecular weight is 310 g/mol. The number of rotatable bonds is 1. The van der Waals surface area contributed by atoms with Gasteiger partial charge in [0.2, 0.25) is 0 Å². The van der Waals surface area contributed by atoms with Crippen molar-refractivity contribution in [3.05, 3.63) is 41.5 Å². The van der Waals surface area contributed by atoms with Crippen molar-refractivity contribution < 1.29 is 9.84 Å². The van der Waals surface area contributed by atoms with Crippen molar-refractivity contribution in [3.63, 3.8) is 0 Å². The lowest BCUT2D eigenvalue weighted by atomic mass is 9.48. The summed E-state index contributed by atoms with van der Waals surface area (Å²) < 4.78 is 5.42. The van der Waals surface area contributed by atoms with Crippen LogP contribution in [-0.2, 0) is 6.42 Å². The molecule has 4 aliphatic carbocycles. The Kier molecular flexibility index (Phi) is 2.58. The van der Waals surface area contributed by atoms with Crippen molar-refractivity contribution >= 4 is 0 Å². The summed E-state index contributed by atoms with van der Waals surface area (Å²) in [5.41, 5.74) is 2.78. The van der Waals surface area contributed by atoms with Crippen LogP contribution in [0.25, 0.3) is 0 Å². The van der Waals surface area contributed by atoms with Gasteiger partial charge in [0.25, 0.3) is 0 Å². The van der Waals surface area contributed by atoms with E-state index in [9.17, 15) is 5.11 Å². The number of hydrogen-bond acceptors (Lipinski definition) is 2. The summed E-state index contributed by atoms with van der Waals surface area (Å²) in [4.78, 5) is 0. The average Bonchev–Trinajstić information content (AvgIpc) is 2.95. The van der Waals surface area contributed by atoms with Gasteiger partial charge in [-0.25, -0.2) is 0 Å². The molecule has 2 bridgehead atoms. The maximum absolute atomic E-state index is 11.1. The molecule has 2 nitrogen and oxygen atoms in total. The quantitative estimate of drug-likeness (QED) is 0.787. The van der Waals surface area contributed by atoms with Crippen LogP contribution in [0.15, 0.2) is 30.4 Å². The Hall–Kier alpha value is -1.28. The number of methoxy groups -OCH3 is 1. The summed E-state index contributed by atoms with van der Waals surface area (Å²) in [5, 5.41) is 11.1. The van der Waals surface area contributed by atoms with E-state index in [1.165, 1.54) is 24.8 Å². The Balaban J connectivity index is 1.60. The van der Waals surface area contributed by atoms with Gasteiger partial charge >= 0.3 is 0 Å². The molecule has 0 radical (unpaired) electrons. The van der Waals surface area contributed by atoms with Crippen LogP contribution in [0.5, 0.6) is 5.75 Å². The number of hydrogen-bond donors (Lipinski definition) is 1. The molecule has 1 N–H and O–H groups in total. The van der Waals surface area contributed by atoms with E-state index in [-0.39, 0.29) is 10.8 Å². The number of ether oxygens (including phenoxy) is 1. The lowest BCUT2D eigenvalue weighted by molar-refractivity contribution is -0.0870. The summed E-state index contributed by atoms with van der Waals surface area (Å²) in [6, 6.07) is 6.68. The van der Waals surface area contributed by atoms with Gasteiger partial charge in [0.05, 0.1) is 12.7 Å². The molecule has 0 unspecified atom stereocenters. The number of allylic oxidation sites excluding steroid dienone is 1. The van der Waals surface area contributed by atoms with Crippen LogP contribution in [0.2, 0.25) is 0 Å². The fourth-order valence-corrected chi connectivity index (χ4v) is 6.77. The van der Waals surface area contributed by atoms with Crippen LogP contribution in [0.3, 0.4) is 0 Å². The van der Waals surface area contributed by atoms with Gasteiger partial charge in [0.1, 0.15) is 5.75 Å². The van der Waals surface area contributed by atoms with Gasteiger partial charge in [-0.05, 0) is 73.6 Å². The maximum atomic E-state index is 11.1. The van der Waals surface area contributed by atoms with Crippen LogP contribution in [0.4, 0.5) is 0 Å². The van der Waals surface area contributed by atoms with E-state index in [0.717, 1.165) is 25.0 Å². The van der Waals surface area contributed by atoms with E-state index < -0.39 is 5.60 Å². The third kappa shape index (κ3) is 1.45. The Morgan fingerprint density at radius 2 is 2.00 bits per heavy atom. The molecule has 0 heterocycles. The third-order valence-electron chi connectivity index (χ3n) is 8.14. The topological polar surface area (TPSA) is 29.5 Å². The second-order valence-electron chi connectivity index (χ2n) is 8.49. The highest BCUT2D eigenvalue weighted by atomic mass is 16.5. The van der Waals surface area contributed by atoms with Crippen LogP contribution < -0.4 is 4.74 Å². The first-order chi connectivity index (χ1) is 11.0. The van der Waals surface area contributed by atoms with Crippen molar-refractivity contribution in [2.45, 2.75) is 57.0 Å². The van der Waals surface area contributed by atoms with Gasteiger partial charge in [0, 0.05) is 10.8 Å². The normalized spacial score (nSPS) is 46.2. The predicted octanol–water partition coefficient (Wildman–Crippen LogP) is 4.22. The van der Waals surface area contributed by atoms with Crippen LogP contribution >= 0.6 is 0 Å². The Labute approximate surface area is 138 Å². The second-order valence-corrected chi connectivity index (χ2v) is 8.49. The van der Waals surface area contributed by atoms with E-state index in [2.05, 4.69) is 37.3 Å². The Morgan fingerprint density at radius 1 is 1.13 bits per heavy atom. The summed E-state index contributed by atoms with van der Waals surface area (Å²) >= 11 is 0. The molecular weight excluding hydrogens is 284 g/mol. The minimum Gasteiger partial charge on any atom is -0.497 e. The van der Waals surface area contributed by atoms with Gasteiger partial charge in [-0.15, -0.1) is 0 Å². The van der Waals surface area contributed by atoms with E-state index >= 15 is 0 Å². The molecule has 122 valence electrons. The first kappa shape index (κ1) is 14.1. The first-order valence-electron chi connectivity index (χ1n) is 9.13. The molecule has 1 aromatic carbocycles. The minimum absolute atomic E-state index is 0.0607. The highest BCUT2D eigenvalue weighted by molar-refractivity contribution is 5.44. The molecule has 0 amide bonds. The zero-order chi connectivity index (χ0) is 15.9. The van der Waals surface area contributed by atoms with E-state index in [1.807, 2.05) is 0 Å². The minimum atomic E-state index is -0.543. The molecule has 5 atom stereocenters. The smallest absolute Gasteiger partial charge is 0.119 e. The van der Waals surface area contributed by atoms with Gasteiger partial charge in [-0.1, -0.05) is 25.1 Å². The number of fused-ring (bicyclic) bond motifs is 3. The van der Waals surface area contributed by atoms with Crippen molar-refractivity contribution in [1.82, 2.24) is 0 Å². The summed E-state index contributed by atoms with van der Waals surface area (Å²) in [7, 11) is 1.75. The molecule has 4 aliphatic rings. The molecule has 5 rings (SSSR count). The molecule has 0 spiro atoms. The molecule has 0 aliphatic heterocycles. The van der Waals surface area contributed by atoms with E-state index in [0.29, 0.717) is 11.8 Å². The predicted molar refractivity (Wildman–Crippen MR) is 90.6 cm³/mol. The highest BCUT2D eigenvalue weighted by Crippen LogP contribution is 2.74. The number of aliphatic hydroxyl groups is 1. The molecular formula is C21H26O2. The van der Waals surface area contributed by atoms with Crippen molar-refractivity contribution in [1.29, 1.82) is 0 Å². The van der Waals surface area contributed by atoms with Crippen LogP contribution in [-0.4, -0.2) is 17.8 Å².